The second-order valence-electron chi connectivity index (χ2n) is 29.3. The molecule has 2 aliphatic heterocycles. The molecule has 16 nitrogen and oxygen atoms in total. The number of aryl methyl sites for hydroxylation is 1. The van der Waals surface area contributed by atoms with E-state index < -0.39 is 101 Å². The van der Waals surface area contributed by atoms with Crippen molar-refractivity contribution in [3.05, 3.63) is 171 Å². The average Bonchev–Trinajstić information content (AvgIpc) is 1.68. The molecule has 3 saturated carbocycles. The lowest BCUT2D eigenvalue weighted by atomic mass is 9.63. The summed E-state index contributed by atoms with van der Waals surface area (Å²) < 4.78 is 5.70. The van der Waals surface area contributed by atoms with Crippen LogP contribution in [0.2, 0.25) is 0 Å². The molecule has 0 spiro atoms. The number of hydrogen-bond acceptors (Lipinski definition) is 15. The number of aromatic amines is 1. The third-order valence-corrected chi connectivity index (χ3v) is 23.1. The standard InChI is InChI=1S/C81H94N4O12/c1-45-42-82-44-61(87)34-53-16-15-48-17-21-58(39-69(48)78(53)92)85-76-38-52(26-27-83-76)77-56-31-50-18-23-65(64-13-6-5-12-62(64)54-30-49(19-24-71(77)88)66(70(36-54)81(95)96)29-47-10-7-11-60(86)28-47)67-41-74(91)75(97-2)37-51(67)20-25-72(89)80(94)79(93)68(50)35-55(32-56)63(22-14-46-8-3-4-9-46)73(90)40-59-33-57(45)43-84-59/h5-7,10-13,15-17,21,26,28,33,37-39,41,43,45-46,49-50,54-56,61,63,65-66,68,70-71,73,77,80-88,90-92,94-96H,3-4,8-9,14,20,22,25,27,29-32,34-36,40,42,44H2,1-2H3/t45-,49+,50+,54+,55+,56-,61-,63+,65-,66-,68-,70-,71+,73-,77-,80+/m1/s1. The highest BCUT2D eigenvalue weighted by Gasteiger charge is 2.48. The predicted octanol–water partition coefficient (Wildman–Crippen LogP) is 10.1. The molecule has 3 heterocycles. The Bertz CT molecular complexity index is 4050. The van der Waals surface area contributed by atoms with Gasteiger partial charge in [0, 0.05) is 91.5 Å². The van der Waals surface area contributed by atoms with Crippen molar-refractivity contribution in [2.45, 2.75) is 158 Å². The highest BCUT2D eigenvalue weighted by atomic mass is 16.5. The molecule has 0 amide bonds. The molecular formula is C81H94N4O12. The van der Waals surface area contributed by atoms with Gasteiger partial charge in [0.25, 0.3) is 0 Å². The molecule has 5 aliphatic carbocycles. The molecule has 0 unspecified atom stereocenters. The van der Waals surface area contributed by atoms with E-state index in [-0.39, 0.29) is 73.4 Å². The van der Waals surface area contributed by atoms with Gasteiger partial charge in [0.1, 0.15) is 23.4 Å². The zero-order chi connectivity index (χ0) is 67.6. The van der Waals surface area contributed by atoms with Crippen LogP contribution in [-0.2, 0) is 35.3 Å². The third-order valence-electron chi connectivity index (χ3n) is 23.1. The van der Waals surface area contributed by atoms with Crippen molar-refractivity contribution in [1.29, 1.82) is 0 Å². The number of benzene rings is 5. The Morgan fingerprint density at radius 3 is 2.33 bits per heavy atom. The topological polar surface area (TPSA) is 277 Å². The molecule has 97 heavy (non-hydrogen) atoms. The van der Waals surface area contributed by atoms with Crippen molar-refractivity contribution >= 4 is 28.0 Å². The number of anilines is 1. The summed E-state index contributed by atoms with van der Waals surface area (Å²) in [4.78, 5) is 34.1. The molecule has 0 radical (unpaired) electrons. The smallest absolute Gasteiger partial charge is 0.173 e. The number of aromatic nitrogens is 1. The highest BCUT2D eigenvalue weighted by Crippen LogP contribution is 2.52. The van der Waals surface area contributed by atoms with Crippen LogP contribution in [0.25, 0.3) is 10.8 Å². The van der Waals surface area contributed by atoms with E-state index in [4.69, 9.17) is 4.74 Å². The monoisotopic (exact) mass is 1310 g/mol. The van der Waals surface area contributed by atoms with Crippen LogP contribution in [0.5, 0.6) is 23.0 Å². The molecule has 16 atom stereocenters. The number of H-pyrrole nitrogens is 1. The summed E-state index contributed by atoms with van der Waals surface area (Å²) in [6, 6.07) is 29.9. The number of methoxy groups -OCH3 is 1. The number of dihydropyridines is 1. The van der Waals surface area contributed by atoms with E-state index in [1.807, 2.05) is 72.9 Å². The number of aromatic hydroxyl groups is 3. The number of Topliss-reactive ketones (excluding diaryl/α,β-unsaturated/α-hetero) is 2. The van der Waals surface area contributed by atoms with E-state index in [1.54, 1.807) is 30.3 Å². The number of aliphatic hydroxyl groups excluding tert-OH is 5. The summed E-state index contributed by atoms with van der Waals surface area (Å²) in [6.07, 6.45) is 7.31. The zero-order valence-corrected chi connectivity index (χ0v) is 55.5. The number of allylic oxidation sites excluding steroid dienone is 1. The van der Waals surface area contributed by atoms with Crippen LogP contribution in [0.15, 0.2) is 127 Å². The average molecular weight is 1320 g/mol. The number of aliphatic hydroxyl groups is 6. The first-order chi connectivity index (χ1) is 46.9. The van der Waals surface area contributed by atoms with Crippen molar-refractivity contribution in [2.24, 2.45) is 59.2 Å². The van der Waals surface area contributed by atoms with Crippen LogP contribution in [0.3, 0.4) is 0 Å². The molecule has 6 aromatic rings. The maximum absolute atomic E-state index is 15.9. The third kappa shape index (κ3) is 14.9. The summed E-state index contributed by atoms with van der Waals surface area (Å²) in [5.41, 5.74) is 7.57. The van der Waals surface area contributed by atoms with Crippen LogP contribution in [0.1, 0.15) is 146 Å². The Morgan fingerprint density at radius 1 is 0.722 bits per heavy atom. The Balaban J connectivity index is 1.04. The quantitative estimate of drug-likeness (QED) is 0.0402. The lowest BCUT2D eigenvalue weighted by Crippen LogP contribution is -2.40. The van der Waals surface area contributed by atoms with E-state index in [2.05, 4.69) is 63.7 Å². The number of fused-ring (bicyclic) bond motifs is 15. The first-order valence-electron chi connectivity index (χ1n) is 35.4. The number of ketones is 2. The maximum Gasteiger partial charge on any atom is 0.173 e. The van der Waals surface area contributed by atoms with Gasteiger partial charge in [-0.15, -0.1) is 0 Å². The molecule has 16 heteroatoms. The van der Waals surface area contributed by atoms with Crippen LogP contribution in [-0.4, -0.2) is 120 Å². The molecule has 7 aliphatic rings. The Hall–Kier alpha value is -7.90. The minimum absolute atomic E-state index is 0.0174. The number of hydrogen-bond donors (Lipinski definition) is 13. The minimum Gasteiger partial charge on any atom is -0.508 e. The molecule has 1 aromatic heterocycles. The fourth-order valence-electron chi connectivity index (χ4n) is 18.0. The second-order valence-corrected chi connectivity index (χ2v) is 29.3. The Labute approximate surface area is 568 Å². The van der Waals surface area contributed by atoms with E-state index in [1.165, 1.54) is 7.11 Å². The fraction of sp³-hybridized carbons (Fsp3) is 0.481. The normalized spacial score (nSPS) is 30.4. The summed E-state index contributed by atoms with van der Waals surface area (Å²) in [5, 5.41) is 121. The number of carbonyl (C=O) groups excluding carboxylic acids is 2. The van der Waals surface area contributed by atoms with Crippen molar-refractivity contribution in [3.8, 4) is 46.7 Å². The highest BCUT2D eigenvalue weighted by molar-refractivity contribution is 6.06. The van der Waals surface area contributed by atoms with Gasteiger partial charge in [0.05, 0.1) is 25.2 Å². The van der Waals surface area contributed by atoms with E-state index in [0.29, 0.717) is 91.2 Å². The minimum atomic E-state index is -1.99. The first-order valence-corrected chi connectivity index (χ1v) is 35.4. The maximum atomic E-state index is 15.9. The number of β-amino-alcohol motifs (C(OH)–C–C–N with tert-alkyl or cyclic N) is 1. The van der Waals surface area contributed by atoms with Crippen LogP contribution in [0.4, 0.5) is 5.69 Å². The van der Waals surface area contributed by atoms with Gasteiger partial charge in [0.15, 0.2) is 35.5 Å². The van der Waals surface area contributed by atoms with Crippen molar-refractivity contribution in [2.75, 3.05) is 32.1 Å². The van der Waals surface area contributed by atoms with Gasteiger partial charge in [-0.05, 0) is 191 Å². The molecule has 13 bridgehead atoms. The van der Waals surface area contributed by atoms with Gasteiger partial charge in [0.2, 0.25) is 0 Å². The number of nitrogens with one attached hydrogen (secondary N) is 4. The van der Waals surface area contributed by atoms with Gasteiger partial charge in [-0.3, -0.25) is 9.59 Å². The second kappa shape index (κ2) is 29.7. The van der Waals surface area contributed by atoms with Crippen molar-refractivity contribution in [3.63, 3.8) is 0 Å². The molecule has 13 rings (SSSR count). The lowest BCUT2D eigenvalue weighted by Gasteiger charge is -2.42. The van der Waals surface area contributed by atoms with Crippen molar-refractivity contribution in [1.82, 2.24) is 15.6 Å². The van der Waals surface area contributed by atoms with Crippen LogP contribution >= 0.6 is 0 Å². The molecule has 0 saturated heterocycles. The summed E-state index contributed by atoms with van der Waals surface area (Å²) in [5.74, 6) is 7.75. The summed E-state index contributed by atoms with van der Waals surface area (Å²) >= 11 is 0. The van der Waals surface area contributed by atoms with Crippen LogP contribution in [0, 0.1) is 82.9 Å². The first kappa shape index (κ1) is 67.7. The van der Waals surface area contributed by atoms with E-state index in [0.717, 1.165) is 71.0 Å². The SMILES string of the molecule is COc1cc2c(cc1O)[C@@H]1C#C[C@H]3C[C@@H]4C[C@@H](C[C@H]3C(=O)[C@@H](O)C(=O)CC2)[C@H](CCC2CCCC2)[C@H](O)Cc2cc(c[nH]2)[C@H](C)CNC[C@H](O)Cc2ccc3ccc(cc3c2O)NC2=CC(=CCN2)[C@H]4[C@@H](O)C#C[C@H]2C[C@@H](C[C@@H](C(O)O)[C@@H]2Cc2cccc(O)c2)c2ccccc21. The Kier molecular flexibility index (Phi) is 20.7. The number of phenolic OH excluding ortho intramolecular Hbond substituents is 3. The fourth-order valence-corrected chi connectivity index (χ4v) is 18.0. The van der Waals surface area contributed by atoms with Gasteiger partial charge in [-0.1, -0.05) is 123 Å². The molecular weight excluding hydrogens is 1220 g/mol. The van der Waals surface area contributed by atoms with Crippen molar-refractivity contribution < 1.29 is 60.3 Å². The van der Waals surface area contributed by atoms with Crippen LogP contribution < -0.4 is 20.7 Å². The number of rotatable bonds is 7. The summed E-state index contributed by atoms with van der Waals surface area (Å²) in [7, 11) is 1.45. The molecule has 3 fully saturated rings. The predicted molar refractivity (Wildman–Crippen MR) is 372 cm³/mol. The molecule has 13 N–H and O–H groups in total. The van der Waals surface area contributed by atoms with Gasteiger partial charge < -0.3 is 71.6 Å². The Morgan fingerprint density at radius 2 is 1.53 bits per heavy atom. The van der Waals surface area contributed by atoms with Gasteiger partial charge >= 0.3 is 0 Å². The van der Waals surface area contributed by atoms with Gasteiger partial charge in [-0.2, -0.15) is 0 Å². The lowest BCUT2D eigenvalue weighted by molar-refractivity contribution is -0.142. The van der Waals surface area contributed by atoms with E-state index in [9.17, 15) is 50.8 Å². The molecule has 510 valence electrons. The number of phenols is 3. The van der Waals surface area contributed by atoms with Gasteiger partial charge in [-0.25, -0.2) is 0 Å². The zero-order valence-electron chi connectivity index (χ0n) is 55.5. The number of ether oxygens (including phenoxy) is 1. The summed E-state index contributed by atoms with van der Waals surface area (Å²) in [6.45, 7) is 3.29. The van der Waals surface area contributed by atoms with E-state index >= 15 is 4.79 Å². The number of carbonyl (C=O) groups is 2. The largest absolute Gasteiger partial charge is 0.508 e. The molecule has 5 aromatic carbocycles.